The maximum absolute atomic E-state index is 12.4. The number of rotatable bonds is 62. The minimum atomic E-state index is -0.842. The Morgan fingerprint density at radius 3 is 1.03 bits per heavy atom. The minimum absolute atomic E-state index is 0.00983. The molecule has 0 aliphatic heterocycles. The van der Waals surface area contributed by atoms with Crippen LogP contribution in [0.5, 0.6) is 0 Å². The van der Waals surface area contributed by atoms with E-state index in [2.05, 4.69) is 55.6 Å². The lowest BCUT2D eigenvalue weighted by Crippen LogP contribution is -2.45. The molecule has 0 heterocycles. The molecule has 0 aliphatic rings. The van der Waals surface area contributed by atoms with Crippen LogP contribution >= 0.6 is 0 Å². The van der Waals surface area contributed by atoms with Crippen molar-refractivity contribution in [3.8, 4) is 0 Å². The van der Waals surface area contributed by atoms with Gasteiger partial charge in [0, 0.05) is 12.8 Å². The fourth-order valence-electron chi connectivity index (χ4n) is 10.2. The highest BCUT2D eigenvalue weighted by Gasteiger charge is 2.18. The topological polar surface area (TPSA) is 95.9 Å². The Morgan fingerprint density at radius 1 is 0.373 bits per heavy atom. The first-order chi connectivity index (χ1) is 37.0. The molecule has 2 atom stereocenters. The average molecular weight is 1050 g/mol. The maximum atomic E-state index is 12.4. The Morgan fingerprint density at radius 2 is 0.667 bits per heavy atom. The molecule has 0 aromatic heterocycles. The molecule has 0 spiro atoms. The quantitative estimate of drug-likeness (QED) is 0.0320. The zero-order valence-corrected chi connectivity index (χ0v) is 50.3. The molecular weight excluding hydrogens is 923 g/mol. The summed E-state index contributed by atoms with van der Waals surface area (Å²) in [7, 11) is 0. The zero-order chi connectivity index (χ0) is 54.3. The first-order valence-corrected chi connectivity index (χ1v) is 33.4. The van der Waals surface area contributed by atoms with Crippen LogP contribution in [0.25, 0.3) is 0 Å². The molecule has 3 N–H and O–H groups in total. The summed E-state index contributed by atoms with van der Waals surface area (Å²) in [5.74, 6) is -0.0599. The minimum Gasteiger partial charge on any atom is -0.466 e. The number of amides is 1. The largest absolute Gasteiger partial charge is 0.466 e. The SMILES string of the molecule is CCCCCCCCC/C=C\CCCCCCCCCC(=O)OCCCCCCCCCCC/C=C\C/C=C\CCCCCCCCCCCCCCCCCC(=O)NC(CO)C(O)/C=C/CCCCCCCCC. The smallest absolute Gasteiger partial charge is 0.305 e. The molecule has 1 amide bonds. The van der Waals surface area contributed by atoms with Crippen molar-refractivity contribution < 1.29 is 24.5 Å². The number of aliphatic hydroxyl groups is 2. The van der Waals surface area contributed by atoms with Gasteiger partial charge in [0.1, 0.15) is 0 Å². The summed E-state index contributed by atoms with van der Waals surface area (Å²) in [5.41, 5.74) is 0. The molecule has 0 saturated heterocycles. The Labute approximate surface area is 467 Å². The fraction of sp³-hybridized carbons (Fsp3) is 0.855. The van der Waals surface area contributed by atoms with Crippen LogP contribution in [0, 0.1) is 0 Å². The molecule has 0 aromatic carbocycles. The third-order valence-corrected chi connectivity index (χ3v) is 15.3. The second-order valence-electron chi connectivity index (χ2n) is 22.8. The molecule has 0 saturated carbocycles. The predicted molar refractivity (Wildman–Crippen MR) is 329 cm³/mol. The summed E-state index contributed by atoms with van der Waals surface area (Å²) in [6.07, 6.45) is 83.4. The van der Waals surface area contributed by atoms with E-state index in [9.17, 15) is 19.8 Å². The lowest BCUT2D eigenvalue weighted by atomic mass is 10.0. The summed E-state index contributed by atoms with van der Waals surface area (Å²) in [4.78, 5) is 24.5. The van der Waals surface area contributed by atoms with E-state index in [0.717, 1.165) is 51.4 Å². The first kappa shape index (κ1) is 72.8. The van der Waals surface area contributed by atoms with Crippen LogP contribution in [0.1, 0.15) is 354 Å². The number of aliphatic hydroxyl groups excluding tert-OH is 2. The predicted octanol–water partition coefficient (Wildman–Crippen LogP) is 21.3. The van der Waals surface area contributed by atoms with Crippen LogP contribution in [0.3, 0.4) is 0 Å². The van der Waals surface area contributed by atoms with E-state index in [4.69, 9.17) is 4.74 Å². The zero-order valence-electron chi connectivity index (χ0n) is 50.3. The molecule has 0 radical (unpaired) electrons. The number of unbranched alkanes of at least 4 members (excludes halogenated alkanes) is 45. The summed E-state index contributed by atoms with van der Waals surface area (Å²) in [6.45, 7) is 4.88. The van der Waals surface area contributed by atoms with Crippen molar-refractivity contribution in [3.05, 3.63) is 48.6 Å². The Kier molecular flexibility index (Phi) is 62.5. The fourth-order valence-corrected chi connectivity index (χ4v) is 10.2. The van der Waals surface area contributed by atoms with E-state index in [0.29, 0.717) is 19.4 Å². The van der Waals surface area contributed by atoms with E-state index < -0.39 is 12.1 Å². The lowest BCUT2D eigenvalue weighted by Gasteiger charge is -2.20. The van der Waals surface area contributed by atoms with Crippen molar-refractivity contribution in [3.63, 3.8) is 0 Å². The number of ether oxygens (including phenoxy) is 1. The summed E-state index contributed by atoms with van der Waals surface area (Å²) < 4.78 is 5.50. The van der Waals surface area contributed by atoms with Gasteiger partial charge >= 0.3 is 5.97 Å². The van der Waals surface area contributed by atoms with Crippen molar-refractivity contribution in [2.75, 3.05) is 13.2 Å². The summed E-state index contributed by atoms with van der Waals surface area (Å²) >= 11 is 0. The Balaban J connectivity index is 3.37. The molecule has 2 unspecified atom stereocenters. The van der Waals surface area contributed by atoms with Crippen LogP contribution in [-0.2, 0) is 14.3 Å². The number of carbonyl (C=O) groups excluding carboxylic acids is 2. The molecule has 0 fully saturated rings. The Bertz CT molecular complexity index is 1260. The van der Waals surface area contributed by atoms with Gasteiger partial charge in [-0.2, -0.15) is 0 Å². The van der Waals surface area contributed by atoms with Gasteiger partial charge in [-0.05, 0) is 89.9 Å². The maximum Gasteiger partial charge on any atom is 0.305 e. The number of hydrogen-bond acceptors (Lipinski definition) is 5. The molecule has 6 nitrogen and oxygen atoms in total. The summed E-state index contributed by atoms with van der Waals surface area (Å²) in [5, 5.41) is 23.0. The molecule has 6 heteroatoms. The third-order valence-electron chi connectivity index (χ3n) is 15.3. The van der Waals surface area contributed by atoms with Gasteiger partial charge in [-0.15, -0.1) is 0 Å². The van der Waals surface area contributed by atoms with Crippen molar-refractivity contribution in [2.24, 2.45) is 0 Å². The van der Waals surface area contributed by atoms with Gasteiger partial charge in [0.15, 0.2) is 0 Å². The lowest BCUT2D eigenvalue weighted by molar-refractivity contribution is -0.143. The highest BCUT2D eigenvalue weighted by molar-refractivity contribution is 5.76. The second kappa shape index (κ2) is 64.3. The monoisotopic (exact) mass is 1050 g/mol. The van der Waals surface area contributed by atoms with Crippen LogP contribution in [0.4, 0.5) is 0 Å². The Hall–Kier alpha value is -2.18. The second-order valence-corrected chi connectivity index (χ2v) is 22.8. The highest BCUT2D eigenvalue weighted by Crippen LogP contribution is 2.17. The van der Waals surface area contributed by atoms with Gasteiger partial charge in [0.25, 0.3) is 0 Å². The standard InChI is InChI=1S/C69H129NO5/c1-3-5-7-9-11-13-14-15-16-17-34-37-40-43-47-51-55-59-63-69(74)75-64-60-56-52-48-44-41-38-35-32-30-28-26-24-22-20-18-19-21-23-25-27-29-31-33-36-39-42-46-50-54-58-62-68(73)70-66(65-71)67(72)61-57-53-49-45-12-10-8-6-4-2/h16-17,20,22,26,28,57,61,66-67,71-72H,3-15,18-19,21,23-25,27,29-56,58-60,62-65H2,1-2H3,(H,70,73)/b17-16-,22-20-,28-26-,61-57+. The van der Waals surface area contributed by atoms with Gasteiger partial charge in [-0.25, -0.2) is 0 Å². The highest BCUT2D eigenvalue weighted by atomic mass is 16.5. The van der Waals surface area contributed by atoms with Crippen molar-refractivity contribution in [2.45, 2.75) is 366 Å². The number of carbonyl (C=O) groups is 2. The van der Waals surface area contributed by atoms with E-state index in [1.54, 1.807) is 6.08 Å². The molecule has 440 valence electrons. The van der Waals surface area contributed by atoms with Crippen LogP contribution in [-0.4, -0.2) is 47.4 Å². The van der Waals surface area contributed by atoms with Crippen LogP contribution < -0.4 is 5.32 Å². The third kappa shape index (κ3) is 60.9. The summed E-state index contributed by atoms with van der Waals surface area (Å²) in [6, 6.07) is -0.626. The van der Waals surface area contributed by atoms with E-state index in [1.807, 2.05) is 6.08 Å². The van der Waals surface area contributed by atoms with Gasteiger partial charge in [0.05, 0.1) is 25.4 Å². The molecule has 75 heavy (non-hydrogen) atoms. The first-order valence-electron chi connectivity index (χ1n) is 33.4. The van der Waals surface area contributed by atoms with Gasteiger partial charge < -0.3 is 20.3 Å². The van der Waals surface area contributed by atoms with Gasteiger partial charge in [0.2, 0.25) is 5.91 Å². The molecule has 0 rings (SSSR count). The molecule has 0 aromatic rings. The van der Waals surface area contributed by atoms with E-state index in [-0.39, 0.29) is 18.5 Å². The number of esters is 1. The molecular formula is C69H129NO5. The van der Waals surface area contributed by atoms with Crippen LogP contribution in [0.15, 0.2) is 48.6 Å². The van der Waals surface area contributed by atoms with E-state index in [1.165, 1.54) is 276 Å². The normalized spacial score (nSPS) is 12.9. The number of nitrogens with one attached hydrogen (secondary N) is 1. The molecule has 0 aliphatic carbocycles. The van der Waals surface area contributed by atoms with Gasteiger partial charge in [-0.3, -0.25) is 9.59 Å². The number of hydrogen-bond donors (Lipinski definition) is 3. The number of allylic oxidation sites excluding steroid dienone is 7. The van der Waals surface area contributed by atoms with Gasteiger partial charge in [-0.1, -0.05) is 300 Å². The van der Waals surface area contributed by atoms with Crippen molar-refractivity contribution in [1.82, 2.24) is 5.32 Å². The van der Waals surface area contributed by atoms with Crippen LogP contribution in [0.2, 0.25) is 0 Å². The van der Waals surface area contributed by atoms with Crippen molar-refractivity contribution >= 4 is 11.9 Å². The van der Waals surface area contributed by atoms with E-state index >= 15 is 0 Å². The molecule has 0 bridgehead atoms. The van der Waals surface area contributed by atoms with Crippen molar-refractivity contribution in [1.29, 1.82) is 0 Å². The average Bonchev–Trinajstić information content (AvgIpc) is 3.41.